The molecule has 0 atom stereocenters. The summed E-state index contributed by atoms with van der Waals surface area (Å²) in [6.45, 7) is 1.71. The molecule has 6 heteroatoms. The monoisotopic (exact) mass is 344 g/mol. The van der Waals surface area contributed by atoms with Gasteiger partial charge >= 0.3 is 5.97 Å². The molecule has 2 N–H and O–H groups in total. The molecule has 0 spiro atoms. The zero-order valence-electron chi connectivity index (χ0n) is 14.3. The SMILES string of the molecule is O=C(CC1(C(=O)O)CCC1)NCCCC(=O)N1Cc2ccccc2C1. The quantitative estimate of drug-likeness (QED) is 0.742. The molecule has 1 aliphatic heterocycles. The van der Waals surface area contributed by atoms with Crippen LogP contribution in [0.4, 0.5) is 0 Å². The molecule has 1 fully saturated rings. The van der Waals surface area contributed by atoms with Crippen molar-refractivity contribution in [3.8, 4) is 0 Å². The van der Waals surface area contributed by atoms with Crippen molar-refractivity contribution in [2.75, 3.05) is 6.54 Å². The number of carbonyl (C=O) groups excluding carboxylic acids is 2. The fourth-order valence-electron chi connectivity index (χ4n) is 3.57. The van der Waals surface area contributed by atoms with Gasteiger partial charge in [0, 0.05) is 32.5 Å². The number of carbonyl (C=O) groups is 3. The molecule has 2 amide bonds. The van der Waals surface area contributed by atoms with Crippen LogP contribution in [0.5, 0.6) is 0 Å². The third-order valence-electron chi connectivity index (χ3n) is 5.35. The summed E-state index contributed by atoms with van der Waals surface area (Å²) in [5.74, 6) is -1.02. The van der Waals surface area contributed by atoms with Crippen LogP contribution in [0.2, 0.25) is 0 Å². The van der Waals surface area contributed by atoms with Crippen molar-refractivity contribution < 1.29 is 19.5 Å². The zero-order chi connectivity index (χ0) is 17.9. The lowest BCUT2D eigenvalue weighted by atomic mass is 9.66. The molecular formula is C19H24N2O4. The summed E-state index contributed by atoms with van der Waals surface area (Å²) in [7, 11) is 0. The molecule has 1 aliphatic carbocycles. The predicted octanol–water partition coefficient (Wildman–Crippen LogP) is 2.07. The van der Waals surface area contributed by atoms with Crippen LogP contribution in [0.15, 0.2) is 24.3 Å². The number of fused-ring (bicyclic) bond motifs is 1. The minimum Gasteiger partial charge on any atom is -0.481 e. The van der Waals surface area contributed by atoms with Crippen molar-refractivity contribution in [1.29, 1.82) is 0 Å². The molecule has 0 radical (unpaired) electrons. The molecule has 3 rings (SSSR count). The Balaban J connectivity index is 1.35. The Kier molecular flexibility index (Phi) is 5.06. The van der Waals surface area contributed by atoms with E-state index in [2.05, 4.69) is 5.32 Å². The number of carboxylic acid groups (broad SMARTS) is 1. The van der Waals surface area contributed by atoms with Gasteiger partial charge in [0.15, 0.2) is 0 Å². The minimum atomic E-state index is -0.877. The fraction of sp³-hybridized carbons (Fsp3) is 0.526. The summed E-state index contributed by atoms with van der Waals surface area (Å²) in [4.78, 5) is 37.3. The number of benzene rings is 1. The topological polar surface area (TPSA) is 86.7 Å². The number of carboxylic acids is 1. The van der Waals surface area contributed by atoms with Crippen LogP contribution in [0.1, 0.15) is 49.7 Å². The summed E-state index contributed by atoms with van der Waals surface area (Å²) in [6.07, 6.45) is 3.01. The number of hydrogen-bond acceptors (Lipinski definition) is 3. The molecule has 0 aromatic heterocycles. The number of rotatable bonds is 7. The van der Waals surface area contributed by atoms with Crippen molar-refractivity contribution >= 4 is 17.8 Å². The van der Waals surface area contributed by atoms with E-state index in [-0.39, 0.29) is 18.2 Å². The van der Waals surface area contributed by atoms with Gasteiger partial charge in [-0.2, -0.15) is 0 Å². The van der Waals surface area contributed by atoms with Crippen molar-refractivity contribution in [2.24, 2.45) is 5.41 Å². The van der Waals surface area contributed by atoms with Crippen LogP contribution in [-0.4, -0.2) is 34.3 Å². The van der Waals surface area contributed by atoms with Gasteiger partial charge in [-0.05, 0) is 30.4 Å². The van der Waals surface area contributed by atoms with Crippen LogP contribution < -0.4 is 5.32 Å². The number of hydrogen-bond donors (Lipinski definition) is 2. The number of nitrogens with one attached hydrogen (secondary N) is 1. The summed E-state index contributed by atoms with van der Waals surface area (Å²) >= 11 is 0. The lowest BCUT2D eigenvalue weighted by molar-refractivity contribution is -0.157. The summed E-state index contributed by atoms with van der Waals surface area (Å²) in [5.41, 5.74) is 1.54. The van der Waals surface area contributed by atoms with Crippen LogP contribution in [0.25, 0.3) is 0 Å². The van der Waals surface area contributed by atoms with Gasteiger partial charge in [-0.15, -0.1) is 0 Å². The molecule has 25 heavy (non-hydrogen) atoms. The van der Waals surface area contributed by atoms with Gasteiger partial charge in [-0.1, -0.05) is 30.7 Å². The average molecular weight is 344 g/mol. The second-order valence-corrected chi connectivity index (χ2v) is 7.09. The van der Waals surface area contributed by atoms with E-state index in [0.717, 1.165) is 6.42 Å². The molecule has 134 valence electrons. The fourth-order valence-corrected chi connectivity index (χ4v) is 3.57. The van der Waals surface area contributed by atoms with Crippen molar-refractivity contribution in [3.05, 3.63) is 35.4 Å². The number of aliphatic carboxylic acids is 1. The first-order valence-electron chi connectivity index (χ1n) is 8.85. The van der Waals surface area contributed by atoms with Gasteiger partial charge in [0.25, 0.3) is 0 Å². The van der Waals surface area contributed by atoms with E-state index < -0.39 is 11.4 Å². The van der Waals surface area contributed by atoms with Gasteiger partial charge < -0.3 is 15.3 Å². The maximum absolute atomic E-state index is 12.3. The Hall–Kier alpha value is -2.37. The van der Waals surface area contributed by atoms with Crippen LogP contribution >= 0.6 is 0 Å². The maximum atomic E-state index is 12.3. The molecule has 1 aromatic carbocycles. The van der Waals surface area contributed by atoms with Gasteiger partial charge in [0.2, 0.25) is 11.8 Å². The Bertz CT molecular complexity index is 657. The van der Waals surface area contributed by atoms with Crippen LogP contribution in [0, 0.1) is 5.41 Å². The van der Waals surface area contributed by atoms with E-state index in [1.807, 2.05) is 29.2 Å². The highest BCUT2D eigenvalue weighted by Gasteiger charge is 2.45. The number of amides is 2. The van der Waals surface area contributed by atoms with Crippen molar-refractivity contribution in [1.82, 2.24) is 10.2 Å². The molecule has 0 unspecified atom stereocenters. The maximum Gasteiger partial charge on any atom is 0.310 e. The second-order valence-electron chi connectivity index (χ2n) is 7.09. The van der Waals surface area contributed by atoms with Crippen molar-refractivity contribution in [3.63, 3.8) is 0 Å². The molecule has 2 aliphatic rings. The zero-order valence-corrected chi connectivity index (χ0v) is 14.3. The van der Waals surface area contributed by atoms with Crippen LogP contribution in [-0.2, 0) is 27.5 Å². The second kappa shape index (κ2) is 7.25. The van der Waals surface area contributed by atoms with E-state index in [0.29, 0.717) is 45.3 Å². The molecule has 0 saturated heterocycles. The molecule has 1 saturated carbocycles. The lowest BCUT2D eigenvalue weighted by Gasteiger charge is -2.36. The average Bonchev–Trinajstić information content (AvgIpc) is 2.98. The highest BCUT2D eigenvalue weighted by Crippen LogP contribution is 2.44. The van der Waals surface area contributed by atoms with E-state index in [1.165, 1.54) is 11.1 Å². The smallest absolute Gasteiger partial charge is 0.310 e. The first kappa shape index (κ1) is 17.5. The predicted molar refractivity (Wildman–Crippen MR) is 91.5 cm³/mol. The van der Waals surface area contributed by atoms with E-state index in [4.69, 9.17) is 0 Å². The Morgan fingerprint density at radius 2 is 1.76 bits per heavy atom. The normalized spacial score (nSPS) is 17.5. The minimum absolute atomic E-state index is 0.0394. The van der Waals surface area contributed by atoms with Crippen LogP contribution in [0.3, 0.4) is 0 Å². The van der Waals surface area contributed by atoms with E-state index in [1.54, 1.807) is 0 Å². The summed E-state index contributed by atoms with van der Waals surface area (Å²) in [5, 5.41) is 12.0. The molecule has 1 heterocycles. The van der Waals surface area contributed by atoms with E-state index in [9.17, 15) is 19.5 Å². The third kappa shape index (κ3) is 3.83. The van der Waals surface area contributed by atoms with Gasteiger partial charge in [0.05, 0.1) is 5.41 Å². The van der Waals surface area contributed by atoms with Gasteiger partial charge in [-0.3, -0.25) is 14.4 Å². The first-order valence-corrected chi connectivity index (χ1v) is 8.85. The Morgan fingerprint density at radius 3 is 2.28 bits per heavy atom. The molecule has 1 aromatic rings. The van der Waals surface area contributed by atoms with Gasteiger partial charge in [-0.25, -0.2) is 0 Å². The van der Waals surface area contributed by atoms with Crippen molar-refractivity contribution in [2.45, 2.75) is 51.6 Å². The lowest BCUT2D eigenvalue weighted by Crippen LogP contribution is -2.42. The van der Waals surface area contributed by atoms with E-state index >= 15 is 0 Å². The van der Waals surface area contributed by atoms with Gasteiger partial charge in [0.1, 0.15) is 0 Å². The third-order valence-corrected chi connectivity index (χ3v) is 5.35. The first-order chi connectivity index (χ1) is 12.0. The molecule has 6 nitrogen and oxygen atoms in total. The Labute approximate surface area is 147 Å². The highest BCUT2D eigenvalue weighted by atomic mass is 16.4. The summed E-state index contributed by atoms with van der Waals surface area (Å²) in [6, 6.07) is 8.05. The standard InChI is InChI=1S/C19H24N2O4/c22-16(11-19(18(24)25)8-4-9-19)20-10-3-7-17(23)21-12-14-5-1-2-6-15(14)13-21/h1-2,5-6H,3-4,7-13H2,(H,20,22)(H,24,25). The molecular weight excluding hydrogens is 320 g/mol. The Morgan fingerprint density at radius 1 is 1.12 bits per heavy atom. The largest absolute Gasteiger partial charge is 0.481 e. The summed E-state index contributed by atoms with van der Waals surface area (Å²) < 4.78 is 0. The molecule has 0 bridgehead atoms. The highest BCUT2D eigenvalue weighted by molar-refractivity contribution is 5.85. The number of nitrogens with zero attached hydrogens (tertiary/aromatic N) is 1.